The smallest absolute Gasteiger partial charge is 0.334 e. The zero-order valence-corrected chi connectivity index (χ0v) is 13.6. The van der Waals surface area contributed by atoms with Crippen LogP contribution < -0.4 is 0 Å². The Morgan fingerprint density at radius 3 is 2.77 bits per heavy atom. The first-order valence-corrected chi connectivity index (χ1v) is 8.00. The first-order chi connectivity index (χ1) is 10.2. The molecule has 0 aromatic rings. The fourth-order valence-electron chi connectivity index (χ4n) is 4.63. The molecule has 2 fully saturated rings. The van der Waals surface area contributed by atoms with Crippen molar-refractivity contribution in [3.63, 3.8) is 0 Å². The van der Waals surface area contributed by atoms with Gasteiger partial charge < -0.3 is 14.6 Å². The summed E-state index contributed by atoms with van der Waals surface area (Å²) in [6, 6.07) is 0. The summed E-state index contributed by atoms with van der Waals surface area (Å²) in [7, 11) is 0. The molecular formula is C17H24O5. The standard InChI is InChI=1S/C17H24O5/c1-8-11-5-12-9(2)13(21-10(3)18)6-15(19)17(12,4)7-14(11)22-16(8)20/h9,12-15,19H,5-7H2,1-4H3/t9-,12-,13-,14-,15-,17+/m0/s1. The lowest BCUT2D eigenvalue weighted by Crippen LogP contribution is -2.56. The lowest BCUT2D eigenvalue weighted by molar-refractivity contribution is -0.177. The fourth-order valence-corrected chi connectivity index (χ4v) is 4.63. The van der Waals surface area contributed by atoms with E-state index in [1.807, 2.05) is 6.92 Å². The molecule has 0 unspecified atom stereocenters. The van der Waals surface area contributed by atoms with Gasteiger partial charge in [0.15, 0.2) is 0 Å². The molecule has 0 radical (unpaired) electrons. The van der Waals surface area contributed by atoms with Gasteiger partial charge in [-0.05, 0) is 37.2 Å². The zero-order chi connectivity index (χ0) is 16.2. The van der Waals surface area contributed by atoms with E-state index in [1.165, 1.54) is 6.92 Å². The number of fused-ring (bicyclic) bond motifs is 2. The van der Waals surface area contributed by atoms with Crippen molar-refractivity contribution in [1.29, 1.82) is 0 Å². The average Bonchev–Trinajstić information content (AvgIpc) is 2.69. The molecule has 122 valence electrons. The Balaban J connectivity index is 1.92. The van der Waals surface area contributed by atoms with Crippen LogP contribution >= 0.6 is 0 Å². The molecule has 0 saturated heterocycles. The van der Waals surface area contributed by atoms with Crippen LogP contribution in [0, 0.1) is 17.3 Å². The normalized spacial score (nSPS) is 44.2. The SMILES string of the molecule is CC(=O)O[C@H]1C[C@H](O)[C@]2(C)C[C@@H]3OC(=O)C(C)=C3C[C@H]2[C@@H]1C. The summed E-state index contributed by atoms with van der Waals surface area (Å²) < 4.78 is 10.9. The van der Waals surface area contributed by atoms with Crippen molar-refractivity contribution in [2.45, 2.75) is 65.3 Å². The number of ether oxygens (including phenoxy) is 2. The van der Waals surface area contributed by atoms with Gasteiger partial charge in [0.2, 0.25) is 0 Å². The number of hydrogen-bond donors (Lipinski definition) is 1. The van der Waals surface area contributed by atoms with Crippen molar-refractivity contribution in [3.05, 3.63) is 11.1 Å². The summed E-state index contributed by atoms with van der Waals surface area (Å²) in [5, 5.41) is 10.7. The third-order valence-electron chi connectivity index (χ3n) is 6.09. The number of rotatable bonds is 1. The third kappa shape index (κ3) is 2.18. The van der Waals surface area contributed by atoms with Crippen molar-refractivity contribution in [1.82, 2.24) is 0 Å². The van der Waals surface area contributed by atoms with Crippen LogP contribution in [0.2, 0.25) is 0 Å². The van der Waals surface area contributed by atoms with Gasteiger partial charge in [-0.25, -0.2) is 4.79 Å². The number of hydrogen-bond acceptors (Lipinski definition) is 5. The summed E-state index contributed by atoms with van der Waals surface area (Å²) in [5.74, 6) is -0.220. The van der Waals surface area contributed by atoms with E-state index in [4.69, 9.17) is 9.47 Å². The monoisotopic (exact) mass is 308 g/mol. The summed E-state index contributed by atoms with van der Waals surface area (Å²) in [6.45, 7) is 7.37. The molecule has 6 atom stereocenters. The Labute approximate surface area is 130 Å². The maximum Gasteiger partial charge on any atom is 0.334 e. The number of aliphatic hydroxyl groups is 1. The lowest BCUT2D eigenvalue weighted by Gasteiger charge is -2.54. The van der Waals surface area contributed by atoms with E-state index in [0.29, 0.717) is 18.4 Å². The number of aliphatic hydroxyl groups excluding tert-OH is 1. The van der Waals surface area contributed by atoms with Gasteiger partial charge in [0.1, 0.15) is 12.2 Å². The minimum Gasteiger partial charge on any atom is -0.462 e. The van der Waals surface area contributed by atoms with Gasteiger partial charge >= 0.3 is 11.9 Å². The number of esters is 2. The highest BCUT2D eigenvalue weighted by Crippen LogP contribution is 2.56. The van der Waals surface area contributed by atoms with E-state index in [1.54, 1.807) is 0 Å². The Morgan fingerprint density at radius 1 is 1.45 bits per heavy atom. The highest BCUT2D eigenvalue weighted by atomic mass is 16.6. The molecule has 5 nitrogen and oxygen atoms in total. The van der Waals surface area contributed by atoms with Crippen LogP contribution in [0.1, 0.15) is 47.0 Å². The highest BCUT2D eigenvalue weighted by Gasteiger charge is 2.56. The van der Waals surface area contributed by atoms with Crippen LogP contribution in [-0.4, -0.2) is 35.4 Å². The van der Waals surface area contributed by atoms with E-state index >= 15 is 0 Å². The van der Waals surface area contributed by atoms with Crippen LogP contribution in [0.4, 0.5) is 0 Å². The van der Waals surface area contributed by atoms with Crippen molar-refractivity contribution in [2.75, 3.05) is 0 Å². The Morgan fingerprint density at radius 2 is 2.14 bits per heavy atom. The molecule has 3 rings (SSSR count). The molecule has 1 aliphatic heterocycles. The van der Waals surface area contributed by atoms with Gasteiger partial charge in [0.25, 0.3) is 0 Å². The van der Waals surface area contributed by atoms with Gasteiger partial charge in [-0.15, -0.1) is 0 Å². The molecule has 0 aromatic carbocycles. The summed E-state index contributed by atoms with van der Waals surface area (Å²) >= 11 is 0. The molecule has 3 aliphatic rings. The minimum absolute atomic E-state index is 0.147. The van der Waals surface area contributed by atoms with E-state index < -0.39 is 6.10 Å². The van der Waals surface area contributed by atoms with Gasteiger partial charge in [-0.2, -0.15) is 0 Å². The Hall–Kier alpha value is -1.36. The van der Waals surface area contributed by atoms with E-state index in [0.717, 1.165) is 12.0 Å². The number of carbonyl (C=O) groups is 2. The second-order valence-corrected chi connectivity index (χ2v) is 7.32. The van der Waals surface area contributed by atoms with Crippen LogP contribution in [0.15, 0.2) is 11.1 Å². The van der Waals surface area contributed by atoms with Crippen LogP contribution in [0.5, 0.6) is 0 Å². The molecule has 22 heavy (non-hydrogen) atoms. The predicted molar refractivity (Wildman–Crippen MR) is 78.8 cm³/mol. The van der Waals surface area contributed by atoms with Gasteiger partial charge in [0, 0.05) is 24.3 Å². The van der Waals surface area contributed by atoms with Gasteiger partial charge in [-0.3, -0.25) is 4.79 Å². The maximum absolute atomic E-state index is 11.8. The second kappa shape index (κ2) is 5.08. The van der Waals surface area contributed by atoms with Gasteiger partial charge in [0.05, 0.1) is 6.10 Å². The molecule has 1 heterocycles. The van der Waals surface area contributed by atoms with Gasteiger partial charge in [-0.1, -0.05) is 13.8 Å². The van der Waals surface area contributed by atoms with Crippen molar-refractivity contribution >= 4 is 11.9 Å². The van der Waals surface area contributed by atoms with E-state index in [9.17, 15) is 14.7 Å². The zero-order valence-electron chi connectivity index (χ0n) is 13.6. The minimum atomic E-state index is -0.556. The maximum atomic E-state index is 11.8. The first-order valence-electron chi connectivity index (χ1n) is 8.00. The largest absolute Gasteiger partial charge is 0.462 e. The van der Waals surface area contributed by atoms with E-state index in [-0.39, 0.29) is 41.4 Å². The molecule has 0 bridgehead atoms. The summed E-state index contributed by atoms with van der Waals surface area (Å²) in [4.78, 5) is 23.1. The molecule has 2 saturated carbocycles. The molecule has 0 aromatic heterocycles. The second-order valence-electron chi connectivity index (χ2n) is 7.32. The summed E-state index contributed by atoms with van der Waals surface area (Å²) in [6.07, 6.45) is 0.816. The lowest BCUT2D eigenvalue weighted by atomic mass is 9.53. The van der Waals surface area contributed by atoms with Crippen molar-refractivity contribution in [3.8, 4) is 0 Å². The quantitative estimate of drug-likeness (QED) is 0.750. The molecule has 2 aliphatic carbocycles. The van der Waals surface area contributed by atoms with Crippen molar-refractivity contribution < 1.29 is 24.2 Å². The average molecular weight is 308 g/mol. The summed E-state index contributed by atoms with van der Waals surface area (Å²) in [5.41, 5.74) is 1.47. The third-order valence-corrected chi connectivity index (χ3v) is 6.09. The van der Waals surface area contributed by atoms with E-state index in [2.05, 4.69) is 13.8 Å². The van der Waals surface area contributed by atoms with Crippen LogP contribution in [0.25, 0.3) is 0 Å². The highest BCUT2D eigenvalue weighted by molar-refractivity contribution is 5.91. The number of carbonyl (C=O) groups excluding carboxylic acids is 2. The topological polar surface area (TPSA) is 72.8 Å². The Bertz CT molecular complexity index is 551. The molecule has 1 N–H and O–H groups in total. The van der Waals surface area contributed by atoms with Crippen molar-refractivity contribution in [2.24, 2.45) is 17.3 Å². The first kappa shape index (κ1) is 15.5. The predicted octanol–water partition coefficient (Wildman–Crippen LogP) is 1.98. The molecular weight excluding hydrogens is 284 g/mol. The van der Waals surface area contributed by atoms with Crippen LogP contribution in [-0.2, 0) is 19.1 Å². The molecule has 5 heteroatoms. The fraction of sp³-hybridized carbons (Fsp3) is 0.765. The molecule has 0 spiro atoms. The Kier molecular flexibility index (Phi) is 3.59. The van der Waals surface area contributed by atoms with Crippen LogP contribution in [0.3, 0.4) is 0 Å². The molecule has 0 amide bonds.